The highest BCUT2D eigenvalue weighted by molar-refractivity contribution is 8.15. The minimum Gasteiger partial charge on any atom is -0.406 e. The minimum atomic E-state index is -4.81. The Morgan fingerprint density at radius 1 is 1.02 bits per heavy atom. The van der Waals surface area contributed by atoms with Gasteiger partial charge in [0.25, 0.3) is 5.91 Å². The molecule has 0 atom stereocenters. The molecule has 1 saturated heterocycles. The summed E-state index contributed by atoms with van der Waals surface area (Å²) in [7, 11) is 1.75. The van der Waals surface area contributed by atoms with Crippen LogP contribution < -0.4 is 14.5 Å². The van der Waals surface area contributed by atoms with Gasteiger partial charge < -0.3 is 4.74 Å². The van der Waals surface area contributed by atoms with Crippen molar-refractivity contribution >= 4 is 46.5 Å². The van der Waals surface area contributed by atoms with E-state index in [2.05, 4.69) is 34.9 Å². The molecule has 0 unspecified atom stereocenters. The molecule has 1 fully saturated rings. The summed E-state index contributed by atoms with van der Waals surface area (Å²) >= 11 is 1.36. The summed E-state index contributed by atoms with van der Waals surface area (Å²) in [5.41, 5.74) is 6.91. The van der Waals surface area contributed by atoms with Gasteiger partial charge in [-0.1, -0.05) is 62.0 Å². The lowest BCUT2D eigenvalue weighted by Crippen LogP contribution is -2.39. The third-order valence-corrected chi connectivity index (χ3v) is 9.16. The van der Waals surface area contributed by atoms with Crippen molar-refractivity contribution in [1.29, 1.82) is 0 Å². The fraction of sp³-hybridized carbons (Fsp3) is 0.286. The number of aryl methyl sites for hydroxylation is 2. The quantitative estimate of drug-likeness (QED) is 0.151. The second-order valence-electron chi connectivity index (χ2n) is 12.0. The molecule has 0 saturated carbocycles. The molecule has 3 heterocycles. The van der Waals surface area contributed by atoms with Gasteiger partial charge in [0.05, 0.1) is 23.3 Å². The van der Waals surface area contributed by atoms with Gasteiger partial charge in [-0.2, -0.15) is 10.2 Å². The van der Waals surface area contributed by atoms with Gasteiger partial charge in [-0.25, -0.2) is 0 Å². The van der Waals surface area contributed by atoms with Crippen LogP contribution in [-0.4, -0.2) is 51.6 Å². The molecule has 6 rings (SSSR count). The number of amides is 2. The van der Waals surface area contributed by atoms with Gasteiger partial charge in [0, 0.05) is 30.3 Å². The zero-order valence-corrected chi connectivity index (χ0v) is 27.8. The third-order valence-electron chi connectivity index (χ3n) is 8.24. The van der Waals surface area contributed by atoms with Crippen molar-refractivity contribution in [2.75, 3.05) is 22.1 Å². The first-order valence-corrected chi connectivity index (χ1v) is 16.3. The summed E-state index contributed by atoms with van der Waals surface area (Å²) in [5.74, 6) is 0.448. The number of hydrogen-bond acceptors (Lipinski definition) is 7. The third kappa shape index (κ3) is 6.59. The molecule has 3 aromatic carbocycles. The number of benzene rings is 3. The number of aromatic nitrogens is 2. The maximum atomic E-state index is 13.5. The number of halogens is 3. The number of alkyl halides is 3. The minimum absolute atomic E-state index is 0.0314. The van der Waals surface area contributed by atoms with Crippen LogP contribution in [0.1, 0.15) is 57.9 Å². The van der Waals surface area contributed by atoms with Gasteiger partial charge in [-0.3, -0.25) is 24.1 Å². The van der Waals surface area contributed by atoms with E-state index >= 15 is 0 Å². The molecule has 2 aliphatic rings. The fourth-order valence-corrected chi connectivity index (χ4v) is 6.83. The number of nitrogens with zero attached hydrogens (tertiary/aromatic N) is 6. The number of carbonyl (C=O) groups is 2. The second-order valence-corrected chi connectivity index (χ2v) is 12.9. The molecule has 48 heavy (non-hydrogen) atoms. The smallest absolute Gasteiger partial charge is 0.406 e. The average molecular weight is 675 g/mol. The number of carbonyl (C=O) groups excluding carboxylic acids is 2. The first-order valence-electron chi connectivity index (χ1n) is 15.3. The average Bonchev–Trinajstić information content (AvgIpc) is 3.54. The maximum absolute atomic E-state index is 13.5. The number of ether oxygens (including phenoxy) is 1. The fourth-order valence-electron chi connectivity index (χ4n) is 6.02. The molecule has 248 valence electrons. The molecule has 13 heteroatoms. The molecule has 1 aromatic heterocycles. The summed E-state index contributed by atoms with van der Waals surface area (Å²) in [6, 6.07) is 17.5. The van der Waals surface area contributed by atoms with Gasteiger partial charge >= 0.3 is 6.36 Å². The number of thioether (sulfide) groups is 1. The zero-order chi connectivity index (χ0) is 34.3. The van der Waals surface area contributed by atoms with Gasteiger partial charge in [-0.05, 0) is 72.7 Å². The normalized spacial score (nSPS) is 16.1. The highest BCUT2D eigenvalue weighted by Crippen LogP contribution is 2.36. The number of fused-ring (bicyclic) bond motifs is 1. The Kier molecular flexibility index (Phi) is 8.90. The van der Waals surface area contributed by atoms with Crippen molar-refractivity contribution in [3.63, 3.8) is 0 Å². The summed E-state index contributed by atoms with van der Waals surface area (Å²) in [4.78, 5) is 29.6. The number of hydrogen-bond donors (Lipinski definition) is 0. The predicted octanol–water partition coefficient (Wildman–Crippen LogP) is 7.40. The molecule has 9 nitrogen and oxygen atoms in total. The van der Waals surface area contributed by atoms with E-state index < -0.39 is 6.36 Å². The number of amidine groups is 1. The van der Waals surface area contributed by atoms with Crippen molar-refractivity contribution in [2.45, 2.75) is 46.4 Å². The lowest BCUT2D eigenvalue weighted by molar-refractivity contribution is -0.274. The molecule has 0 aliphatic carbocycles. The summed E-state index contributed by atoms with van der Waals surface area (Å²) < 4.78 is 43.7. The van der Waals surface area contributed by atoms with Crippen LogP contribution in [0, 0.1) is 13.8 Å². The molecule has 2 amide bonds. The Morgan fingerprint density at radius 2 is 1.77 bits per heavy atom. The topological polar surface area (TPSA) is 92.4 Å². The van der Waals surface area contributed by atoms with Crippen molar-refractivity contribution in [3.05, 3.63) is 94.0 Å². The molecule has 2 aliphatic heterocycles. The van der Waals surface area contributed by atoms with E-state index in [0.717, 1.165) is 39.6 Å². The van der Waals surface area contributed by atoms with Crippen LogP contribution in [0.5, 0.6) is 5.75 Å². The largest absolute Gasteiger partial charge is 0.573 e. The molecular formula is C35H33F3N6O3S. The first-order chi connectivity index (χ1) is 22.8. The SMILES string of the molecule is Cc1ccc(C(C)C)c(N2C(=O)CS/C2=N\N=C\c2ccc(-c3nn(C)c(N4CCc5cc(OC(F)(F)F)ccc5C4=O)c3C)cc2)c1. The van der Waals surface area contributed by atoms with Crippen molar-refractivity contribution in [1.82, 2.24) is 9.78 Å². The Bertz CT molecular complexity index is 1970. The van der Waals surface area contributed by atoms with E-state index in [-0.39, 0.29) is 30.0 Å². The molecule has 0 radical (unpaired) electrons. The van der Waals surface area contributed by atoms with Gasteiger partial charge in [-0.15, -0.1) is 18.3 Å². The van der Waals surface area contributed by atoms with E-state index in [4.69, 9.17) is 5.10 Å². The van der Waals surface area contributed by atoms with Crippen molar-refractivity contribution < 1.29 is 27.5 Å². The van der Waals surface area contributed by atoms with Crippen LogP contribution in [0.2, 0.25) is 0 Å². The Balaban J connectivity index is 1.19. The van der Waals surface area contributed by atoms with E-state index in [1.165, 1.54) is 23.9 Å². The molecule has 0 bridgehead atoms. The predicted molar refractivity (Wildman–Crippen MR) is 182 cm³/mol. The van der Waals surface area contributed by atoms with Gasteiger partial charge in [0.15, 0.2) is 5.17 Å². The van der Waals surface area contributed by atoms with Crippen molar-refractivity contribution in [2.24, 2.45) is 17.3 Å². The highest BCUT2D eigenvalue weighted by atomic mass is 32.2. The Morgan fingerprint density at radius 3 is 2.48 bits per heavy atom. The van der Waals surface area contributed by atoms with Gasteiger partial charge in [0.1, 0.15) is 11.6 Å². The van der Waals surface area contributed by atoms with Crippen LogP contribution in [0.3, 0.4) is 0 Å². The lowest BCUT2D eigenvalue weighted by atomic mass is 9.98. The first kappa shape index (κ1) is 33.0. The molecule has 0 spiro atoms. The summed E-state index contributed by atoms with van der Waals surface area (Å²) in [6.45, 7) is 8.36. The molecular weight excluding hydrogens is 641 g/mol. The van der Waals surface area contributed by atoms with Crippen LogP contribution >= 0.6 is 11.8 Å². The van der Waals surface area contributed by atoms with Crippen LogP contribution in [0.15, 0.2) is 70.9 Å². The Hall–Kier alpha value is -4.91. The van der Waals surface area contributed by atoms with E-state index in [0.29, 0.717) is 40.0 Å². The van der Waals surface area contributed by atoms with E-state index in [9.17, 15) is 22.8 Å². The van der Waals surface area contributed by atoms with Crippen LogP contribution in [0.4, 0.5) is 24.7 Å². The van der Waals surface area contributed by atoms with E-state index in [1.54, 1.807) is 27.7 Å². The number of anilines is 2. The lowest BCUT2D eigenvalue weighted by Gasteiger charge is -2.29. The Labute approximate surface area is 280 Å². The maximum Gasteiger partial charge on any atom is 0.573 e. The van der Waals surface area contributed by atoms with Gasteiger partial charge in [0.2, 0.25) is 5.91 Å². The van der Waals surface area contributed by atoms with Crippen molar-refractivity contribution in [3.8, 4) is 17.0 Å². The van der Waals surface area contributed by atoms with E-state index in [1.807, 2.05) is 50.2 Å². The van der Waals surface area contributed by atoms with Crippen LogP contribution in [-0.2, 0) is 18.3 Å². The molecule has 0 N–H and O–H groups in total. The standard InChI is InChI=1S/C35H33F3N6O3S/c1-20(2)27-12-6-21(3)16-29(27)44-30(45)19-48-34(44)40-39-18-23-7-9-24(10-8-23)31-22(4)32(42(5)41-31)43-15-14-25-17-26(47-35(36,37)38)11-13-28(25)33(43)46/h6-13,16-18,20H,14-15,19H2,1-5H3/b39-18+,40-34-. The zero-order valence-electron chi connectivity index (χ0n) is 27.0. The second kappa shape index (κ2) is 12.9. The number of rotatable bonds is 7. The summed E-state index contributed by atoms with van der Waals surface area (Å²) in [6.07, 6.45) is -2.81. The summed E-state index contributed by atoms with van der Waals surface area (Å²) in [5, 5.41) is 13.9. The monoisotopic (exact) mass is 674 g/mol. The molecule has 4 aromatic rings. The van der Waals surface area contributed by atoms with Crippen LogP contribution in [0.25, 0.3) is 11.3 Å². The highest BCUT2D eigenvalue weighted by Gasteiger charge is 2.34.